The van der Waals surface area contributed by atoms with Crippen LogP contribution in [0.15, 0.2) is 24.5 Å². The van der Waals surface area contributed by atoms with Crippen molar-refractivity contribution in [2.75, 3.05) is 18.0 Å². The number of anilines is 1. The molecular formula is C16H27N3. The van der Waals surface area contributed by atoms with Gasteiger partial charge in [0.05, 0.1) is 0 Å². The first kappa shape index (κ1) is 14.3. The Labute approximate surface area is 117 Å². The summed E-state index contributed by atoms with van der Waals surface area (Å²) in [6.45, 7) is 9.23. The molecule has 0 aliphatic carbocycles. The second-order valence-corrected chi connectivity index (χ2v) is 5.81. The van der Waals surface area contributed by atoms with Crippen LogP contribution in [-0.2, 0) is 0 Å². The summed E-state index contributed by atoms with van der Waals surface area (Å²) >= 11 is 0. The van der Waals surface area contributed by atoms with Gasteiger partial charge in [-0.2, -0.15) is 0 Å². The molecular weight excluding hydrogens is 234 g/mol. The molecule has 3 heteroatoms. The van der Waals surface area contributed by atoms with Crippen molar-refractivity contribution in [3.63, 3.8) is 0 Å². The molecule has 2 heterocycles. The Morgan fingerprint density at radius 3 is 2.47 bits per heavy atom. The molecule has 106 valence electrons. The largest absolute Gasteiger partial charge is 0.371 e. The number of pyridine rings is 1. The van der Waals surface area contributed by atoms with E-state index in [2.05, 4.69) is 48.1 Å². The summed E-state index contributed by atoms with van der Waals surface area (Å²) in [5.41, 5.74) is 1.31. The first-order valence-corrected chi connectivity index (χ1v) is 7.61. The highest BCUT2D eigenvalue weighted by Crippen LogP contribution is 2.20. The van der Waals surface area contributed by atoms with E-state index in [0.29, 0.717) is 12.1 Å². The Morgan fingerprint density at radius 2 is 1.89 bits per heavy atom. The van der Waals surface area contributed by atoms with E-state index in [1.165, 1.54) is 24.9 Å². The number of piperidine rings is 1. The van der Waals surface area contributed by atoms with Crippen LogP contribution in [0.2, 0.25) is 0 Å². The Balaban J connectivity index is 1.80. The van der Waals surface area contributed by atoms with Gasteiger partial charge in [0.15, 0.2) is 0 Å². The summed E-state index contributed by atoms with van der Waals surface area (Å²) in [6, 6.07) is 5.52. The van der Waals surface area contributed by atoms with Crippen LogP contribution in [0, 0.1) is 5.92 Å². The van der Waals surface area contributed by atoms with Crippen molar-refractivity contribution in [3.8, 4) is 0 Å². The molecule has 2 atom stereocenters. The first-order valence-electron chi connectivity index (χ1n) is 7.61. The third kappa shape index (κ3) is 3.93. The minimum atomic E-state index is 0.627. The van der Waals surface area contributed by atoms with Crippen molar-refractivity contribution >= 4 is 5.69 Å². The summed E-state index contributed by atoms with van der Waals surface area (Å²) in [5, 5.41) is 3.80. The van der Waals surface area contributed by atoms with Crippen LogP contribution in [-0.4, -0.2) is 30.2 Å². The van der Waals surface area contributed by atoms with E-state index in [-0.39, 0.29) is 0 Å². The van der Waals surface area contributed by atoms with E-state index < -0.39 is 0 Å². The van der Waals surface area contributed by atoms with E-state index in [0.717, 1.165) is 19.0 Å². The van der Waals surface area contributed by atoms with Gasteiger partial charge in [-0.15, -0.1) is 0 Å². The highest BCUT2D eigenvalue weighted by Gasteiger charge is 2.21. The quantitative estimate of drug-likeness (QED) is 0.883. The zero-order chi connectivity index (χ0) is 13.7. The average Bonchev–Trinajstić information content (AvgIpc) is 2.48. The average molecular weight is 261 g/mol. The Bertz CT molecular complexity index is 358. The maximum Gasteiger partial charge on any atom is 0.0397 e. The lowest BCUT2D eigenvalue weighted by molar-refractivity contribution is 0.315. The number of hydrogen-bond donors (Lipinski definition) is 1. The van der Waals surface area contributed by atoms with Gasteiger partial charge in [0.2, 0.25) is 0 Å². The fraction of sp³-hybridized carbons (Fsp3) is 0.688. The van der Waals surface area contributed by atoms with Crippen LogP contribution in [0.25, 0.3) is 0 Å². The van der Waals surface area contributed by atoms with Crippen LogP contribution in [0.4, 0.5) is 5.69 Å². The zero-order valence-electron chi connectivity index (χ0n) is 12.5. The maximum atomic E-state index is 4.08. The number of hydrogen-bond acceptors (Lipinski definition) is 3. The summed E-state index contributed by atoms with van der Waals surface area (Å²) in [5.74, 6) is 0.762. The Hall–Kier alpha value is -1.09. The van der Waals surface area contributed by atoms with Crippen LogP contribution in [0.1, 0.15) is 40.0 Å². The molecule has 1 N–H and O–H groups in total. The standard InChI is InChI=1S/C16H27N3/c1-4-13(2)14(3)18-15-7-11-19(12-8-15)16-5-9-17-10-6-16/h5-6,9-10,13-15,18H,4,7-8,11-12H2,1-3H3. The molecule has 1 fully saturated rings. The van der Waals surface area contributed by atoms with E-state index in [9.17, 15) is 0 Å². The number of nitrogens with zero attached hydrogens (tertiary/aromatic N) is 2. The maximum absolute atomic E-state index is 4.08. The SMILES string of the molecule is CCC(C)C(C)NC1CCN(c2ccncc2)CC1. The van der Waals surface area contributed by atoms with Crippen molar-refractivity contribution in [2.45, 2.75) is 52.1 Å². The highest BCUT2D eigenvalue weighted by molar-refractivity contribution is 5.44. The van der Waals surface area contributed by atoms with Gasteiger partial charge in [-0.25, -0.2) is 0 Å². The van der Waals surface area contributed by atoms with Gasteiger partial charge in [-0.05, 0) is 37.8 Å². The normalized spacial score (nSPS) is 20.3. The fourth-order valence-corrected chi connectivity index (χ4v) is 2.75. The zero-order valence-corrected chi connectivity index (χ0v) is 12.5. The van der Waals surface area contributed by atoms with Crippen molar-refractivity contribution in [2.24, 2.45) is 5.92 Å². The Morgan fingerprint density at radius 1 is 1.26 bits per heavy atom. The van der Waals surface area contributed by atoms with Crippen molar-refractivity contribution < 1.29 is 0 Å². The van der Waals surface area contributed by atoms with E-state index in [4.69, 9.17) is 0 Å². The molecule has 0 bridgehead atoms. The molecule has 0 radical (unpaired) electrons. The number of rotatable bonds is 5. The number of aromatic nitrogens is 1. The smallest absolute Gasteiger partial charge is 0.0397 e. The third-order valence-electron chi connectivity index (χ3n) is 4.52. The lowest BCUT2D eigenvalue weighted by Crippen LogP contribution is -2.47. The summed E-state index contributed by atoms with van der Waals surface area (Å²) in [7, 11) is 0. The van der Waals surface area contributed by atoms with Crippen LogP contribution >= 0.6 is 0 Å². The summed E-state index contributed by atoms with van der Waals surface area (Å²) < 4.78 is 0. The van der Waals surface area contributed by atoms with Crippen LogP contribution in [0.3, 0.4) is 0 Å². The molecule has 19 heavy (non-hydrogen) atoms. The van der Waals surface area contributed by atoms with E-state index in [1.807, 2.05) is 12.4 Å². The van der Waals surface area contributed by atoms with Crippen molar-refractivity contribution in [1.82, 2.24) is 10.3 Å². The van der Waals surface area contributed by atoms with E-state index >= 15 is 0 Å². The molecule has 1 aliphatic heterocycles. The molecule has 2 unspecified atom stereocenters. The van der Waals surface area contributed by atoms with Gasteiger partial charge in [-0.3, -0.25) is 4.98 Å². The van der Waals surface area contributed by atoms with Crippen LogP contribution in [0.5, 0.6) is 0 Å². The molecule has 0 aromatic carbocycles. The minimum absolute atomic E-state index is 0.627. The summed E-state index contributed by atoms with van der Waals surface area (Å²) in [6.07, 6.45) is 7.49. The minimum Gasteiger partial charge on any atom is -0.371 e. The predicted molar refractivity (Wildman–Crippen MR) is 81.5 cm³/mol. The molecule has 0 spiro atoms. The van der Waals surface area contributed by atoms with Gasteiger partial charge in [0, 0.05) is 43.3 Å². The lowest BCUT2D eigenvalue weighted by Gasteiger charge is -2.36. The third-order valence-corrected chi connectivity index (χ3v) is 4.52. The van der Waals surface area contributed by atoms with Crippen molar-refractivity contribution in [1.29, 1.82) is 0 Å². The van der Waals surface area contributed by atoms with Crippen molar-refractivity contribution in [3.05, 3.63) is 24.5 Å². The molecule has 1 aromatic heterocycles. The van der Waals surface area contributed by atoms with Gasteiger partial charge in [0.1, 0.15) is 0 Å². The van der Waals surface area contributed by atoms with Gasteiger partial charge in [-0.1, -0.05) is 20.3 Å². The molecule has 1 aromatic rings. The van der Waals surface area contributed by atoms with Crippen LogP contribution < -0.4 is 10.2 Å². The molecule has 0 saturated carbocycles. The highest BCUT2D eigenvalue weighted by atomic mass is 15.1. The van der Waals surface area contributed by atoms with Gasteiger partial charge >= 0.3 is 0 Å². The van der Waals surface area contributed by atoms with Gasteiger partial charge < -0.3 is 10.2 Å². The first-order chi connectivity index (χ1) is 9.20. The Kier molecular flexibility index (Phi) is 5.20. The molecule has 1 saturated heterocycles. The second kappa shape index (κ2) is 6.90. The molecule has 3 nitrogen and oxygen atoms in total. The van der Waals surface area contributed by atoms with Gasteiger partial charge in [0.25, 0.3) is 0 Å². The second-order valence-electron chi connectivity index (χ2n) is 5.81. The fourth-order valence-electron chi connectivity index (χ4n) is 2.75. The monoisotopic (exact) mass is 261 g/mol. The van der Waals surface area contributed by atoms with E-state index in [1.54, 1.807) is 0 Å². The number of nitrogens with one attached hydrogen (secondary N) is 1. The predicted octanol–water partition coefficient (Wildman–Crippen LogP) is 3.07. The molecule has 0 amide bonds. The molecule has 1 aliphatic rings. The molecule has 2 rings (SSSR count). The topological polar surface area (TPSA) is 28.2 Å². The lowest BCUT2D eigenvalue weighted by atomic mass is 9.97. The summed E-state index contributed by atoms with van der Waals surface area (Å²) in [4.78, 5) is 6.55.